The quantitative estimate of drug-likeness (QED) is 0.431. The average Bonchev–Trinajstić information content (AvgIpc) is 3.37. The lowest BCUT2D eigenvalue weighted by Crippen LogP contribution is -2.44. The number of hydrogen-bond donors (Lipinski definition) is 0. The number of carbonyl (C=O) groups is 3. The Hall–Kier alpha value is -4.33. The van der Waals surface area contributed by atoms with Crippen LogP contribution in [0.25, 0.3) is 0 Å². The van der Waals surface area contributed by atoms with Crippen molar-refractivity contribution < 1.29 is 23.5 Å². The van der Waals surface area contributed by atoms with Crippen LogP contribution in [0.1, 0.15) is 27.5 Å². The number of anilines is 1. The van der Waals surface area contributed by atoms with Crippen molar-refractivity contribution in [3.63, 3.8) is 0 Å². The zero-order valence-corrected chi connectivity index (χ0v) is 18.7. The highest BCUT2D eigenvalue weighted by Gasteiger charge is 2.65. The minimum atomic E-state index is -0.968. The van der Waals surface area contributed by atoms with Crippen molar-refractivity contribution in [2.45, 2.75) is 12.1 Å². The number of ketones is 1. The Morgan fingerprint density at radius 3 is 2.31 bits per heavy atom. The lowest BCUT2D eigenvalue weighted by molar-refractivity contribution is -0.124. The van der Waals surface area contributed by atoms with Crippen molar-refractivity contribution >= 4 is 29.5 Å². The largest absolute Gasteiger partial charge is 0.497 e. The monoisotopic (exact) mass is 469 g/mol. The SMILES string of the molecule is COc1ccc(C(=O)[C@H]2[C@H]3C(=O)N(c4ccc(F)cc4)C(=O)[C@H]3[C@@H]3c4ccccc4C=NN23)cc1. The molecular weight excluding hydrogens is 449 g/mol. The highest BCUT2D eigenvalue weighted by atomic mass is 19.1. The van der Waals surface area contributed by atoms with Crippen LogP contribution in [0.5, 0.6) is 5.75 Å². The van der Waals surface area contributed by atoms with Gasteiger partial charge in [-0.05, 0) is 59.7 Å². The molecule has 4 atom stereocenters. The molecule has 3 aromatic rings. The number of imide groups is 1. The van der Waals surface area contributed by atoms with Crippen LogP contribution in [0.4, 0.5) is 10.1 Å². The van der Waals surface area contributed by atoms with E-state index in [9.17, 15) is 18.8 Å². The van der Waals surface area contributed by atoms with Crippen LogP contribution >= 0.6 is 0 Å². The van der Waals surface area contributed by atoms with E-state index in [1.54, 1.807) is 35.5 Å². The van der Waals surface area contributed by atoms with Crippen molar-refractivity contribution in [3.05, 3.63) is 95.3 Å². The van der Waals surface area contributed by atoms with Gasteiger partial charge in [0.15, 0.2) is 5.78 Å². The van der Waals surface area contributed by atoms with Crippen molar-refractivity contribution in [3.8, 4) is 5.75 Å². The Balaban J connectivity index is 1.47. The van der Waals surface area contributed by atoms with Crippen LogP contribution in [0.3, 0.4) is 0 Å². The Bertz CT molecular complexity index is 1390. The van der Waals surface area contributed by atoms with E-state index in [-0.39, 0.29) is 11.5 Å². The Labute approximate surface area is 200 Å². The third kappa shape index (κ3) is 3.10. The lowest BCUT2D eigenvalue weighted by atomic mass is 9.83. The van der Waals surface area contributed by atoms with Crippen molar-refractivity contribution in [2.24, 2.45) is 16.9 Å². The summed E-state index contributed by atoms with van der Waals surface area (Å²) in [6.07, 6.45) is 1.66. The van der Waals surface area contributed by atoms with Gasteiger partial charge < -0.3 is 4.74 Å². The van der Waals surface area contributed by atoms with Gasteiger partial charge in [-0.1, -0.05) is 24.3 Å². The molecule has 0 aromatic heterocycles. The zero-order valence-electron chi connectivity index (χ0n) is 18.7. The standard InChI is InChI=1S/C27H20FN3O4/c1-35-19-12-6-15(7-13-19)25(32)24-22-21(23-20-5-3-2-4-16(20)14-29-31(23)24)26(33)30(27(22)34)18-10-8-17(28)9-11-18/h2-14,21-24H,1H3/t21-,22+,23+,24-/m1/s1. The molecule has 0 saturated carbocycles. The average molecular weight is 469 g/mol. The van der Waals surface area contributed by atoms with E-state index in [1.807, 2.05) is 24.3 Å². The van der Waals surface area contributed by atoms with Gasteiger partial charge in [-0.15, -0.1) is 0 Å². The molecule has 7 nitrogen and oxygen atoms in total. The van der Waals surface area contributed by atoms with Crippen LogP contribution in [-0.4, -0.2) is 42.0 Å². The smallest absolute Gasteiger partial charge is 0.240 e. The van der Waals surface area contributed by atoms with Gasteiger partial charge in [-0.3, -0.25) is 19.4 Å². The molecule has 3 aliphatic rings. The topological polar surface area (TPSA) is 79.3 Å². The Kier molecular flexibility index (Phi) is 4.77. The number of hydrogen-bond acceptors (Lipinski definition) is 6. The van der Waals surface area contributed by atoms with E-state index in [4.69, 9.17) is 4.74 Å². The van der Waals surface area contributed by atoms with Crippen LogP contribution < -0.4 is 9.64 Å². The highest BCUT2D eigenvalue weighted by molar-refractivity contribution is 6.24. The molecule has 0 aliphatic carbocycles. The fourth-order valence-corrected chi connectivity index (χ4v) is 5.44. The summed E-state index contributed by atoms with van der Waals surface area (Å²) >= 11 is 0. The van der Waals surface area contributed by atoms with E-state index in [2.05, 4.69) is 5.10 Å². The molecule has 3 aromatic carbocycles. The molecule has 0 unspecified atom stereocenters. The number of fused-ring (bicyclic) bond motifs is 5. The number of methoxy groups -OCH3 is 1. The highest BCUT2D eigenvalue weighted by Crippen LogP contribution is 2.53. The van der Waals surface area contributed by atoms with Crippen molar-refractivity contribution in [1.29, 1.82) is 0 Å². The van der Waals surface area contributed by atoms with Crippen LogP contribution in [0.15, 0.2) is 77.9 Å². The molecule has 0 bridgehead atoms. The van der Waals surface area contributed by atoms with Crippen molar-refractivity contribution in [2.75, 3.05) is 12.0 Å². The van der Waals surface area contributed by atoms with Gasteiger partial charge in [0.2, 0.25) is 11.8 Å². The number of rotatable bonds is 4. The first-order valence-corrected chi connectivity index (χ1v) is 11.2. The molecule has 0 spiro atoms. The van der Waals surface area contributed by atoms with E-state index < -0.39 is 41.6 Å². The molecule has 2 fully saturated rings. The van der Waals surface area contributed by atoms with Gasteiger partial charge in [-0.25, -0.2) is 9.29 Å². The maximum Gasteiger partial charge on any atom is 0.240 e. The summed E-state index contributed by atoms with van der Waals surface area (Å²) in [5.74, 6) is -2.82. The second-order valence-corrected chi connectivity index (χ2v) is 8.78. The van der Waals surface area contributed by atoms with Crippen molar-refractivity contribution in [1.82, 2.24) is 5.01 Å². The Morgan fingerprint density at radius 2 is 1.60 bits per heavy atom. The maximum absolute atomic E-state index is 13.8. The minimum absolute atomic E-state index is 0.283. The summed E-state index contributed by atoms with van der Waals surface area (Å²) in [7, 11) is 1.54. The molecule has 6 rings (SSSR count). The molecule has 8 heteroatoms. The van der Waals surface area contributed by atoms with Gasteiger partial charge in [-0.2, -0.15) is 5.10 Å². The molecule has 3 aliphatic heterocycles. The first-order chi connectivity index (χ1) is 17.0. The zero-order chi connectivity index (χ0) is 24.3. The number of nitrogens with zero attached hydrogens (tertiary/aromatic N) is 3. The summed E-state index contributed by atoms with van der Waals surface area (Å²) in [4.78, 5) is 42.4. The first kappa shape index (κ1) is 21.2. The summed E-state index contributed by atoms with van der Waals surface area (Å²) in [6, 6.07) is 17.8. The number of halogens is 1. The third-order valence-electron chi connectivity index (χ3n) is 7.02. The summed E-state index contributed by atoms with van der Waals surface area (Å²) in [5, 5.41) is 6.16. The van der Waals surface area contributed by atoms with Gasteiger partial charge >= 0.3 is 0 Å². The van der Waals surface area contributed by atoms with Crippen LogP contribution in [0, 0.1) is 17.7 Å². The predicted octanol–water partition coefficient (Wildman–Crippen LogP) is 3.60. The number of ether oxygens (including phenoxy) is 1. The van der Waals surface area contributed by atoms with E-state index in [0.29, 0.717) is 11.3 Å². The fourth-order valence-electron chi connectivity index (χ4n) is 5.44. The van der Waals surface area contributed by atoms with Gasteiger partial charge in [0.25, 0.3) is 0 Å². The normalized spacial score (nSPS) is 24.3. The maximum atomic E-state index is 13.8. The summed E-state index contributed by atoms with van der Waals surface area (Å²) in [5.41, 5.74) is 2.35. The molecular formula is C27H20FN3O4. The number of carbonyl (C=O) groups excluding carboxylic acids is 3. The summed E-state index contributed by atoms with van der Waals surface area (Å²) < 4.78 is 18.7. The predicted molar refractivity (Wildman–Crippen MR) is 126 cm³/mol. The molecule has 2 amide bonds. The second-order valence-electron chi connectivity index (χ2n) is 8.78. The van der Waals surface area contributed by atoms with E-state index in [1.165, 1.54) is 31.4 Å². The number of benzene rings is 3. The first-order valence-electron chi connectivity index (χ1n) is 11.2. The van der Waals surface area contributed by atoms with Gasteiger partial charge in [0, 0.05) is 5.56 Å². The molecule has 35 heavy (non-hydrogen) atoms. The van der Waals surface area contributed by atoms with Crippen LogP contribution in [-0.2, 0) is 9.59 Å². The molecule has 174 valence electrons. The minimum Gasteiger partial charge on any atom is -0.497 e. The van der Waals surface area contributed by atoms with E-state index in [0.717, 1.165) is 16.0 Å². The van der Waals surface area contributed by atoms with Gasteiger partial charge in [0.1, 0.15) is 17.6 Å². The summed E-state index contributed by atoms with van der Waals surface area (Å²) in [6.45, 7) is 0. The molecule has 0 N–H and O–H groups in total. The fraction of sp³-hybridized carbons (Fsp3) is 0.185. The number of Topliss-reactive ketones (excluding diaryl/α,β-unsaturated/α-hetero) is 1. The number of hydrazone groups is 1. The Morgan fingerprint density at radius 1 is 0.914 bits per heavy atom. The molecule has 3 heterocycles. The lowest BCUT2D eigenvalue weighted by Gasteiger charge is -2.33. The van der Waals surface area contributed by atoms with Crippen LogP contribution in [0.2, 0.25) is 0 Å². The second kappa shape index (κ2) is 7.87. The molecule has 0 radical (unpaired) electrons. The van der Waals surface area contributed by atoms with E-state index >= 15 is 0 Å². The molecule has 2 saturated heterocycles. The number of amides is 2. The third-order valence-corrected chi connectivity index (χ3v) is 7.02. The van der Waals surface area contributed by atoms with Gasteiger partial charge in [0.05, 0.1) is 36.9 Å².